The molecule has 0 unspecified atom stereocenters. The van der Waals surface area contributed by atoms with E-state index in [-0.39, 0.29) is 68.8 Å². The monoisotopic (exact) mass is 1480 g/mol. The number of benzene rings is 4. The third-order valence-corrected chi connectivity index (χ3v) is 29.7. The van der Waals surface area contributed by atoms with Crippen LogP contribution in [0.1, 0.15) is 417 Å². The van der Waals surface area contributed by atoms with Gasteiger partial charge < -0.3 is 0 Å². The van der Waals surface area contributed by atoms with Gasteiger partial charge in [-0.25, -0.2) is 35.1 Å². The Morgan fingerprint density at radius 2 is 0.368 bits per heavy atom. The number of unbranched alkanes of at least 4 members (excludes halogenated alkanes) is 3. The molecule has 0 spiro atoms. The molecular weight excluding hydrogens is 1330 g/mol. The van der Waals surface area contributed by atoms with Crippen LogP contribution < -0.4 is 0 Å². The molecule has 12 rings (SSSR count). The standard InChI is InChI=1S/C26H40F2.C25H38F2.C24H36F2.C23H34F2/c1-3-4-5-6-20-7-9-21(10-8-20)11-12-22-13-15-23(16-14-22)24-17-25(27)19(2)26(28)18-24;1-3-4-5-19-6-8-20(9-7-19)10-11-21-12-14-22(15-13-21)23-16-24(26)18(2)25(27)17-23;1-3-4-18-5-7-19(8-6-18)9-10-20-11-13-21(14-12-20)22-15-23(25)17(2)24(26)16-22;1-3-17-4-6-18(7-5-17)8-9-19-10-12-20(13-11-19)21-14-22(24)16(2)23(25)15-21/h17-18,20-23H,3-16H2,1-2H3;16-17,19-22H,3-15H2,1-2H3;15-16,18-21H,3-14H2,1-2H3;14-15,17-20H,3-13H2,1-2H3. The Labute approximate surface area is 642 Å². The first-order valence-corrected chi connectivity index (χ1v) is 45.1. The molecule has 596 valence electrons. The highest BCUT2D eigenvalue weighted by molar-refractivity contribution is 5.31. The number of hydrogen-bond acceptors (Lipinski definition) is 0. The molecule has 106 heavy (non-hydrogen) atoms. The number of halogens is 8. The summed E-state index contributed by atoms with van der Waals surface area (Å²) in [6, 6.07) is 12.5. The Balaban J connectivity index is 0.000000164. The van der Waals surface area contributed by atoms with E-state index < -0.39 is 0 Å². The summed E-state index contributed by atoms with van der Waals surface area (Å²) in [6.07, 6.45) is 66.9. The molecule has 8 fully saturated rings. The van der Waals surface area contributed by atoms with Crippen LogP contribution >= 0.6 is 0 Å². The van der Waals surface area contributed by atoms with E-state index in [1.165, 1.54) is 297 Å². The van der Waals surface area contributed by atoms with E-state index in [9.17, 15) is 35.1 Å². The van der Waals surface area contributed by atoms with Gasteiger partial charge in [-0.3, -0.25) is 0 Å². The lowest BCUT2D eigenvalue weighted by Gasteiger charge is -2.32. The summed E-state index contributed by atoms with van der Waals surface area (Å²) >= 11 is 0. The van der Waals surface area contributed by atoms with Crippen LogP contribution in [0.3, 0.4) is 0 Å². The lowest BCUT2D eigenvalue weighted by atomic mass is 9.74. The minimum absolute atomic E-state index is 0.148. The number of rotatable bonds is 26. The maximum atomic E-state index is 13.9. The molecule has 0 radical (unpaired) electrons. The van der Waals surface area contributed by atoms with E-state index in [0.717, 1.165) is 145 Å². The molecule has 0 nitrogen and oxygen atoms in total. The molecule has 0 saturated heterocycles. The SMILES string of the molecule is CCC1CCC(CCC2CCC(c3cc(F)c(C)c(F)c3)CC2)CC1.CCCC1CCC(CCC2CCC(c3cc(F)c(C)c(F)c3)CC2)CC1.CCCCC1CCC(CCC2CCC(c3cc(F)c(C)c(F)c3)CC2)CC1.CCCCCC1CCC(CCC2CCC(c3cc(F)c(C)c(F)c3)CC2)CC1. The summed E-state index contributed by atoms with van der Waals surface area (Å²) in [5.74, 6) is 9.46. The molecule has 8 aliphatic rings. The lowest BCUT2D eigenvalue weighted by Crippen LogP contribution is -2.18. The second kappa shape index (κ2) is 45.1. The van der Waals surface area contributed by atoms with Gasteiger partial charge in [0.05, 0.1) is 0 Å². The van der Waals surface area contributed by atoms with Crippen LogP contribution in [-0.4, -0.2) is 0 Å². The highest BCUT2D eigenvalue weighted by Crippen LogP contribution is 2.47. The topological polar surface area (TPSA) is 0 Å². The van der Waals surface area contributed by atoms with Gasteiger partial charge >= 0.3 is 0 Å². The Morgan fingerprint density at radius 1 is 0.198 bits per heavy atom. The van der Waals surface area contributed by atoms with Crippen molar-refractivity contribution in [3.8, 4) is 0 Å². The quantitative estimate of drug-likeness (QED) is 0.0434. The second-order valence-corrected chi connectivity index (χ2v) is 37.0. The van der Waals surface area contributed by atoms with Gasteiger partial charge in [0.1, 0.15) is 46.5 Å². The highest BCUT2D eigenvalue weighted by Gasteiger charge is 2.32. The molecule has 0 heterocycles. The Bertz CT molecular complexity index is 3030. The highest BCUT2D eigenvalue weighted by atomic mass is 19.2. The van der Waals surface area contributed by atoms with Gasteiger partial charge in [0.15, 0.2) is 0 Å². The maximum Gasteiger partial charge on any atom is 0.129 e. The van der Waals surface area contributed by atoms with E-state index >= 15 is 0 Å². The molecule has 0 bridgehead atoms. The molecule has 8 saturated carbocycles. The van der Waals surface area contributed by atoms with Crippen molar-refractivity contribution in [1.29, 1.82) is 0 Å². The fourth-order valence-electron chi connectivity index (χ4n) is 21.6. The molecule has 8 aliphatic carbocycles. The van der Waals surface area contributed by atoms with Crippen molar-refractivity contribution in [2.75, 3.05) is 0 Å². The van der Waals surface area contributed by atoms with E-state index in [0.29, 0.717) is 23.7 Å². The van der Waals surface area contributed by atoms with E-state index in [2.05, 4.69) is 27.7 Å². The van der Waals surface area contributed by atoms with Crippen molar-refractivity contribution in [2.45, 2.75) is 400 Å². The maximum absolute atomic E-state index is 13.9. The largest absolute Gasteiger partial charge is 0.207 e. The van der Waals surface area contributed by atoms with Gasteiger partial charge in [0.25, 0.3) is 0 Å². The van der Waals surface area contributed by atoms with Gasteiger partial charge in [0, 0.05) is 22.3 Å². The molecular formula is C98H148F8. The van der Waals surface area contributed by atoms with E-state index in [1.807, 2.05) is 0 Å². The van der Waals surface area contributed by atoms with Gasteiger partial charge in [-0.05, 0) is 296 Å². The normalized spacial score (nSPS) is 29.4. The molecule has 4 aromatic carbocycles. The first-order chi connectivity index (χ1) is 51.3. The molecule has 4 aromatic rings. The van der Waals surface area contributed by atoms with Crippen molar-refractivity contribution < 1.29 is 35.1 Å². The molecule has 0 amide bonds. The third kappa shape index (κ3) is 27.3. The first-order valence-electron chi connectivity index (χ1n) is 45.1. The second-order valence-electron chi connectivity index (χ2n) is 37.0. The number of hydrogen-bond donors (Lipinski definition) is 0. The van der Waals surface area contributed by atoms with Gasteiger partial charge in [0.2, 0.25) is 0 Å². The zero-order chi connectivity index (χ0) is 75.5. The lowest BCUT2D eigenvalue weighted by molar-refractivity contribution is 0.222. The van der Waals surface area contributed by atoms with Crippen LogP contribution in [-0.2, 0) is 0 Å². The summed E-state index contributed by atoms with van der Waals surface area (Å²) < 4.78 is 111. The minimum atomic E-state index is -0.389. The van der Waals surface area contributed by atoms with E-state index in [1.54, 1.807) is 48.5 Å². The fraction of sp³-hybridized carbons (Fsp3) is 0.755. The van der Waals surface area contributed by atoms with Crippen LogP contribution in [0.5, 0.6) is 0 Å². The summed E-state index contributed by atoms with van der Waals surface area (Å²) in [7, 11) is 0. The Hall–Kier alpha value is -3.68. The van der Waals surface area contributed by atoms with Crippen LogP contribution in [0.15, 0.2) is 48.5 Å². The molecule has 0 aromatic heterocycles. The summed E-state index contributed by atoms with van der Waals surface area (Å²) in [4.78, 5) is 0. The van der Waals surface area contributed by atoms with Crippen molar-refractivity contribution in [3.63, 3.8) is 0 Å². The van der Waals surface area contributed by atoms with Gasteiger partial charge in [-0.2, -0.15) is 0 Å². The predicted molar refractivity (Wildman–Crippen MR) is 431 cm³/mol. The zero-order valence-corrected chi connectivity index (χ0v) is 68.2. The summed E-state index contributed by atoms with van der Waals surface area (Å²) in [6.45, 7) is 15.3. The van der Waals surface area contributed by atoms with Gasteiger partial charge in [-0.1, -0.05) is 246 Å². The smallest absolute Gasteiger partial charge is 0.129 e. The van der Waals surface area contributed by atoms with Crippen molar-refractivity contribution in [3.05, 3.63) is 140 Å². The van der Waals surface area contributed by atoms with E-state index in [4.69, 9.17) is 0 Å². The zero-order valence-electron chi connectivity index (χ0n) is 68.2. The average Bonchev–Trinajstić information content (AvgIpc) is 0.841. The predicted octanol–water partition coefficient (Wildman–Crippen LogP) is 32.5. The molecule has 0 aliphatic heterocycles. The summed E-state index contributed by atoms with van der Waals surface area (Å²) in [5, 5.41) is 0. The molecule has 0 N–H and O–H groups in total. The first kappa shape index (κ1) is 86.3. The van der Waals surface area contributed by atoms with Crippen LogP contribution in [0.4, 0.5) is 35.1 Å². The minimum Gasteiger partial charge on any atom is -0.207 e. The Kier molecular flexibility index (Phi) is 36.7. The van der Waals surface area contributed by atoms with Crippen LogP contribution in [0.2, 0.25) is 0 Å². The fourth-order valence-corrected chi connectivity index (χ4v) is 21.6. The van der Waals surface area contributed by atoms with Crippen molar-refractivity contribution >= 4 is 0 Å². The average molecular weight is 1480 g/mol. The summed E-state index contributed by atoms with van der Waals surface area (Å²) in [5.41, 5.74) is 4.09. The van der Waals surface area contributed by atoms with Crippen molar-refractivity contribution in [1.82, 2.24) is 0 Å². The van der Waals surface area contributed by atoms with Crippen LogP contribution in [0, 0.1) is 145 Å². The molecule has 0 atom stereocenters. The van der Waals surface area contributed by atoms with Crippen molar-refractivity contribution in [2.24, 2.45) is 71.0 Å². The van der Waals surface area contributed by atoms with Crippen LogP contribution in [0.25, 0.3) is 0 Å². The third-order valence-electron chi connectivity index (χ3n) is 29.7. The molecule has 8 heteroatoms. The van der Waals surface area contributed by atoms with Gasteiger partial charge in [-0.15, -0.1) is 0 Å². The Morgan fingerprint density at radius 3 is 0.557 bits per heavy atom.